The van der Waals surface area contributed by atoms with Crippen LogP contribution in [-0.4, -0.2) is 5.11 Å². The zero-order chi connectivity index (χ0) is 10.8. The minimum atomic E-state index is 0.284. The maximum Gasteiger partial charge on any atom is 0.124 e. The maximum absolute atomic E-state index is 9.77. The molecule has 76 valence electrons. The molecular formula is C12H8Br2O. The average Bonchev–Trinajstić information content (AvgIpc) is 2.20. The van der Waals surface area contributed by atoms with E-state index in [4.69, 9.17) is 0 Å². The Morgan fingerprint density at radius 3 is 2.00 bits per heavy atom. The van der Waals surface area contributed by atoms with Gasteiger partial charge < -0.3 is 5.11 Å². The van der Waals surface area contributed by atoms with E-state index >= 15 is 0 Å². The standard InChI is InChI=1S/C12H8Br2O/c13-9-3-1-8(2-4-9)11-6-5-10(14)7-12(11)15/h1-7,15H. The van der Waals surface area contributed by atoms with Gasteiger partial charge in [0.25, 0.3) is 0 Å². The van der Waals surface area contributed by atoms with Crippen LogP contribution in [-0.2, 0) is 0 Å². The van der Waals surface area contributed by atoms with E-state index in [1.807, 2.05) is 36.4 Å². The van der Waals surface area contributed by atoms with Crippen molar-refractivity contribution in [2.75, 3.05) is 0 Å². The zero-order valence-corrected chi connectivity index (χ0v) is 10.9. The summed E-state index contributed by atoms with van der Waals surface area (Å²) in [6, 6.07) is 13.3. The van der Waals surface area contributed by atoms with Crippen LogP contribution in [0.1, 0.15) is 0 Å². The molecular weight excluding hydrogens is 320 g/mol. The first-order valence-corrected chi connectivity index (χ1v) is 6.00. The second kappa shape index (κ2) is 4.37. The first-order chi connectivity index (χ1) is 7.16. The molecule has 0 radical (unpaired) electrons. The number of phenols is 1. The summed E-state index contributed by atoms with van der Waals surface area (Å²) in [6.07, 6.45) is 0. The van der Waals surface area contributed by atoms with Crippen molar-refractivity contribution in [1.29, 1.82) is 0 Å². The Morgan fingerprint density at radius 1 is 0.800 bits per heavy atom. The van der Waals surface area contributed by atoms with Crippen LogP contribution in [0.2, 0.25) is 0 Å². The van der Waals surface area contributed by atoms with Crippen molar-refractivity contribution >= 4 is 31.9 Å². The zero-order valence-electron chi connectivity index (χ0n) is 7.74. The molecule has 0 saturated carbocycles. The predicted octanol–water partition coefficient (Wildman–Crippen LogP) is 4.58. The minimum Gasteiger partial charge on any atom is -0.507 e. The summed E-state index contributed by atoms with van der Waals surface area (Å²) in [4.78, 5) is 0. The summed E-state index contributed by atoms with van der Waals surface area (Å²) in [6.45, 7) is 0. The first-order valence-electron chi connectivity index (χ1n) is 4.41. The second-order valence-corrected chi connectivity index (χ2v) is 5.00. The Kier molecular flexibility index (Phi) is 3.12. The number of halogens is 2. The Balaban J connectivity index is 2.49. The molecule has 0 fully saturated rings. The van der Waals surface area contributed by atoms with Crippen LogP contribution in [0, 0.1) is 0 Å². The van der Waals surface area contributed by atoms with Gasteiger partial charge in [0, 0.05) is 14.5 Å². The Labute approximate surface area is 105 Å². The van der Waals surface area contributed by atoms with E-state index in [0.717, 1.165) is 20.1 Å². The molecule has 2 rings (SSSR count). The van der Waals surface area contributed by atoms with Crippen molar-refractivity contribution in [3.8, 4) is 16.9 Å². The van der Waals surface area contributed by atoms with Crippen LogP contribution in [0.25, 0.3) is 11.1 Å². The fourth-order valence-corrected chi connectivity index (χ4v) is 1.99. The molecule has 0 bridgehead atoms. The van der Waals surface area contributed by atoms with E-state index in [2.05, 4.69) is 31.9 Å². The molecule has 0 saturated heterocycles. The first kappa shape index (κ1) is 10.7. The van der Waals surface area contributed by atoms with Crippen molar-refractivity contribution in [3.63, 3.8) is 0 Å². The van der Waals surface area contributed by atoms with Gasteiger partial charge >= 0.3 is 0 Å². The molecule has 1 N–H and O–H groups in total. The third-order valence-corrected chi connectivity index (χ3v) is 3.14. The van der Waals surface area contributed by atoms with Crippen LogP contribution in [0.3, 0.4) is 0 Å². The summed E-state index contributed by atoms with van der Waals surface area (Å²) in [5.74, 6) is 0.284. The summed E-state index contributed by atoms with van der Waals surface area (Å²) in [7, 11) is 0. The molecule has 15 heavy (non-hydrogen) atoms. The smallest absolute Gasteiger partial charge is 0.124 e. The summed E-state index contributed by atoms with van der Waals surface area (Å²) in [5.41, 5.74) is 1.84. The molecule has 2 aromatic rings. The maximum atomic E-state index is 9.77. The van der Waals surface area contributed by atoms with Crippen molar-refractivity contribution in [2.24, 2.45) is 0 Å². The quantitative estimate of drug-likeness (QED) is 0.812. The van der Waals surface area contributed by atoms with Crippen LogP contribution in [0.15, 0.2) is 51.4 Å². The van der Waals surface area contributed by atoms with Crippen LogP contribution in [0.4, 0.5) is 0 Å². The highest BCUT2D eigenvalue weighted by Gasteiger charge is 2.03. The average molecular weight is 328 g/mol. The Hall–Kier alpha value is -0.800. The van der Waals surface area contributed by atoms with Crippen LogP contribution < -0.4 is 0 Å². The van der Waals surface area contributed by atoms with Gasteiger partial charge in [0.05, 0.1) is 0 Å². The SMILES string of the molecule is Oc1cc(Br)ccc1-c1ccc(Br)cc1. The van der Waals surface area contributed by atoms with Crippen molar-refractivity contribution in [3.05, 3.63) is 51.4 Å². The lowest BCUT2D eigenvalue weighted by molar-refractivity contribution is 0.477. The Morgan fingerprint density at radius 2 is 1.40 bits per heavy atom. The molecule has 2 aromatic carbocycles. The largest absolute Gasteiger partial charge is 0.507 e. The number of hydrogen-bond donors (Lipinski definition) is 1. The van der Waals surface area contributed by atoms with Crippen molar-refractivity contribution < 1.29 is 5.11 Å². The van der Waals surface area contributed by atoms with Crippen LogP contribution >= 0.6 is 31.9 Å². The molecule has 0 amide bonds. The molecule has 0 aliphatic rings. The monoisotopic (exact) mass is 326 g/mol. The third kappa shape index (κ3) is 2.41. The normalized spacial score (nSPS) is 10.3. The van der Waals surface area contributed by atoms with Gasteiger partial charge in [0.1, 0.15) is 5.75 Å². The number of hydrogen-bond acceptors (Lipinski definition) is 1. The fourth-order valence-electron chi connectivity index (χ4n) is 1.38. The molecule has 1 nitrogen and oxygen atoms in total. The molecule has 0 aliphatic heterocycles. The molecule has 0 atom stereocenters. The molecule has 0 heterocycles. The summed E-state index contributed by atoms with van der Waals surface area (Å²) >= 11 is 6.69. The van der Waals surface area contributed by atoms with Crippen molar-refractivity contribution in [1.82, 2.24) is 0 Å². The van der Waals surface area contributed by atoms with Crippen LogP contribution in [0.5, 0.6) is 5.75 Å². The molecule has 3 heteroatoms. The summed E-state index contributed by atoms with van der Waals surface area (Å²) < 4.78 is 1.91. The van der Waals surface area contributed by atoms with Gasteiger partial charge in [-0.25, -0.2) is 0 Å². The topological polar surface area (TPSA) is 20.2 Å². The van der Waals surface area contributed by atoms with E-state index in [1.54, 1.807) is 6.07 Å². The van der Waals surface area contributed by atoms with Gasteiger partial charge in [-0.2, -0.15) is 0 Å². The van der Waals surface area contributed by atoms with E-state index in [0.29, 0.717) is 0 Å². The number of phenolic OH excluding ortho intramolecular Hbond substituents is 1. The van der Waals surface area contributed by atoms with Gasteiger partial charge in [0.2, 0.25) is 0 Å². The number of aromatic hydroxyl groups is 1. The van der Waals surface area contributed by atoms with Gasteiger partial charge in [0.15, 0.2) is 0 Å². The molecule has 0 unspecified atom stereocenters. The third-order valence-electron chi connectivity index (χ3n) is 2.12. The highest BCUT2D eigenvalue weighted by molar-refractivity contribution is 9.10. The van der Waals surface area contributed by atoms with Gasteiger partial charge in [-0.3, -0.25) is 0 Å². The highest BCUT2D eigenvalue weighted by Crippen LogP contribution is 2.32. The molecule has 0 spiro atoms. The second-order valence-electron chi connectivity index (χ2n) is 3.17. The lowest BCUT2D eigenvalue weighted by Gasteiger charge is -2.05. The molecule has 0 aromatic heterocycles. The minimum absolute atomic E-state index is 0.284. The summed E-state index contributed by atoms with van der Waals surface area (Å²) in [5, 5.41) is 9.77. The van der Waals surface area contributed by atoms with Gasteiger partial charge in [-0.1, -0.05) is 44.0 Å². The van der Waals surface area contributed by atoms with Crippen molar-refractivity contribution in [2.45, 2.75) is 0 Å². The lowest BCUT2D eigenvalue weighted by atomic mass is 10.1. The van der Waals surface area contributed by atoms with Gasteiger partial charge in [-0.15, -0.1) is 0 Å². The van der Waals surface area contributed by atoms with E-state index in [1.165, 1.54) is 0 Å². The van der Waals surface area contributed by atoms with E-state index in [-0.39, 0.29) is 5.75 Å². The number of rotatable bonds is 1. The highest BCUT2D eigenvalue weighted by atomic mass is 79.9. The molecule has 0 aliphatic carbocycles. The predicted molar refractivity (Wildman–Crippen MR) is 68.9 cm³/mol. The van der Waals surface area contributed by atoms with Gasteiger partial charge in [-0.05, 0) is 35.9 Å². The van der Waals surface area contributed by atoms with E-state index in [9.17, 15) is 5.11 Å². The lowest BCUT2D eigenvalue weighted by Crippen LogP contribution is -1.78. The number of benzene rings is 2. The fraction of sp³-hybridized carbons (Fsp3) is 0. The van der Waals surface area contributed by atoms with E-state index < -0.39 is 0 Å². The Bertz CT molecular complexity index is 477.